The summed E-state index contributed by atoms with van der Waals surface area (Å²) in [5.74, 6) is 0. The van der Waals surface area contributed by atoms with Crippen molar-refractivity contribution in [3.63, 3.8) is 0 Å². The quantitative estimate of drug-likeness (QED) is 0.820. The molecule has 94 valence electrons. The molecule has 0 aliphatic carbocycles. The Morgan fingerprint density at radius 2 is 2.06 bits per heavy atom. The molecule has 1 aromatic carbocycles. The van der Waals surface area contributed by atoms with Gasteiger partial charge in [-0.2, -0.15) is 0 Å². The standard InChI is InChI=1S/C13H18ClNO2/c1-3-12(10(2)14)15-13(16)17-9-11-7-5-4-6-8-11/h4-8,10,12H,3,9H2,1-2H3,(H,15,16)/t10-,12-/m0/s1. The van der Waals surface area contributed by atoms with Gasteiger partial charge in [-0.25, -0.2) is 4.79 Å². The van der Waals surface area contributed by atoms with Crippen molar-refractivity contribution in [3.05, 3.63) is 35.9 Å². The molecular formula is C13H18ClNO2. The van der Waals surface area contributed by atoms with Gasteiger partial charge in [-0.3, -0.25) is 0 Å². The maximum Gasteiger partial charge on any atom is 0.407 e. The van der Waals surface area contributed by atoms with E-state index in [2.05, 4.69) is 5.32 Å². The number of amides is 1. The second kappa shape index (κ2) is 7.17. The van der Waals surface area contributed by atoms with Gasteiger partial charge in [-0.05, 0) is 18.9 Å². The predicted octanol–water partition coefficient (Wildman–Crippen LogP) is 3.32. The fraction of sp³-hybridized carbons (Fsp3) is 0.462. The molecule has 1 aromatic rings. The lowest BCUT2D eigenvalue weighted by Gasteiger charge is -2.18. The van der Waals surface area contributed by atoms with Crippen LogP contribution in [-0.4, -0.2) is 17.5 Å². The SMILES string of the molecule is CC[C@H](NC(=O)OCc1ccccc1)[C@H](C)Cl. The first-order chi connectivity index (χ1) is 8.13. The normalized spacial score (nSPS) is 13.8. The van der Waals surface area contributed by atoms with E-state index in [4.69, 9.17) is 16.3 Å². The van der Waals surface area contributed by atoms with Crippen LogP contribution in [0.3, 0.4) is 0 Å². The van der Waals surface area contributed by atoms with E-state index in [-0.39, 0.29) is 18.0 Å². The van der Waals surface area contributed by atoms with Gasteiger partial charge in [0.1, 0.15) is 6.61 Å². The number of benzene rings is 1. The minimum absolute atomic E-state index is 0.0556. The maximum absolute atomic E-state index is 11.5. The highest BCUT2D eigenvalue weighted by molar-refractivity contribution is 6.20. The number of ether oxygens (including phenoxy) is 1. The zero-order chi connectivity index (χ0) is 12.7. The van der Waals surface area contributed by atoms with Crippen LogP contribution in [0.2, 0.25) is 0 Å². The largest absolute Gasteiger partial charge is 0.445 e. The summed E-state index contributed by atoms with van der Waals surface area (Å²) in [5.41, 5.74) is 0.967. The minimum Gasteiger partial charge on any atom is -0.445 e. The second-order valence-corrected chi connectivity index (χ2v) is 4.59. The van der Waals surface area contributed by atoms with Gasteiger partial charge >= 0.3 is 6.09 Å². The maximum atomic E-state index is 11.5. The number of nitrogens with one attached hydrogen (secondary N) is 1. The van der Waals surface area contributed by atoms with Gasteiger partial charge in [-0.15, -0.1) is 11.6 Å². The Bertz CT molecular complexity index is 341. The van der Waals surface area contributed by atoms with Crippen molar-refractivity contribution in [1.82, 2.24) is 5.32 Å². The molecular weight excluding hydrogens is 238 g/mol. The lowest BCUT2D eigenvalue weighted by molar-refractivity contribution is 0.135. The summed E-state index contributed by atoms with van der Waals surface area (Å²) in [7, 11) is 0. The molecule has 0 aliphatic heterocycles. The minimum atomic E-state index is -0.423. The number of carbonyl (C=O) groups excluding carboxylic acids is 1. The van der Waals surface area contributed by atoms with E-state index >= 15 is 0 Å². The molecule has 0 heterocycles. The number of halogens is 1. The molecule has 0 unspecified atom stereocenters. The van der Waals surface area contributed by atoms with Crippen LogP contribution < -0.4 is 5.32 Å². The van der Waals surface area contributed by atoms with Crippen molar-refractivity contribution in [2.75, 3.05) is 0 Å². The molecule has 0 saturated heterocycles. The number of hydrogen-bond acceptors (Lipinski definition) is 2. The second-order valence-electron chi connectivity index (χ2n) is 3.90. The molecule has 0 fully saturated rings. The highest BCUT2D eigenvalue weighted by Gasteiger charge is 2.16. The summed E-state index contributed by atoms with van der Waals surface area (Å²) in [6.07, 6.45) is 0.360. The van der Waals surface area contributed by atoms with E-state index in [0.717, 1.165) is 12.0 Å². The lowest BCUT2D eigenvalue weighted by atomic mass is 10.2. The molecule has 0 radical (unpaired) electrons. The molecule has 0 aromatic heterocycles. The zero-order valence-electron chi connectivity index (χ0n) is 10.2. The van der Waals surface area contributed by atoms with Crippen molar-refractivity contribution >= 4 is 17.7 Å². The van der Waals surface area contributed by atoms with Crippen LogP contribution in [-0.2, 0) is 11.3 Å². The first-order valence-corrected chi connectivity index (χ1v) is 6.18. The third kappa shape index (κ3) is 5.09. The topological polar surface area (TPSA) is 38.3 Å². The molecule has 4 heteroatoms. The van der Waals surface area contributed by atoms with Crippen LogP contribution in [0.25, 0.3) is 0 Å². The zero-order valence-corrected chi connectivity index (χ0v) is 10.9. The fourth-order valence-corrected chi connectivity index (χ4v) is 1.70. The van der Waals surface area contributed by atoms with Crippen molar-refractivity contribution in [2.45, 2.75) is 38.3 Å². The van der Waals surface area contributed by atoms with E-state index in [1.165, 1.54) is 0 Å². The van der Waals surface area contributed by atoms with E-state index in [0.29, 0.717) is 0 Å². The summed E-state index contributed by atoms with van der Waals surface area (Å²) in [6, 6.07) is 9.51. The number of hydrogen-bond donors (Lipinski definition) is 1. The molecule has 0 spiro atoms. The molecule has 17 heavy (non-hydrogen) atoms. The highest BCUT2D eigenvalue weighted by atomic mass is 35.5. The van der Waals surface area contributed by atoms with Gasteiger partial charge < -0.3 is 10.1 Å². The van der Waals surface area contributed by atoms with E-state index < -0.39 is 6.09 Å². The van der Waals surface area contributed by atoms with Crippen LogP contribution >= 0.6 is 11.6 Å². The Kier molecular flexibility index (Phi) is 5.84. The molecule has 2 atom stereocenters. The molecule has 0 saturated carbocycles. The number of rotatable bonds is 5. The van der Waals surface area contributed by atoms with Crippen molar-refractivity contribution in [3.8, 4) is 0 Å². The van der Waals surface area contributed by atoms with Crippen LogP contribution in [0.5, 0.6) is 0 Å². The average molecular weight is 256 g/mol. The van der Waals surface area contributed by atoms with Crippen molar-refractivity contribution < 1.29 is 9.53 Å². The van der Waals surface area contributed by atoms with Crippen LogP contribution in [0, 0.1) is 0 Å². The number of carbonyl (C=O) groups is 1. The summed E-state index contributed by atoms with van der Waals surface area (Å²) >= 11 is 5.93. The van der Waals surface area contributed by atoms with Crippen LogP contribution in [0.15, 0.2) is 30.3 Å². The van der Waals surface area contributed by atoms with Gasteiger partial charge in [0, 0.05) is 6.04 Å². The number of alkyl carbamates (subject to hydrolysis) is 1. The van der Waals surface area contributed by atoms with E-state index in [1.807, 2.05) is 44.2 Å². The molecule has 0 bridgehead atoms. The smallest absolute Gasteiger partial charge is 0.407 e. The van der Waals surface area contributed by atoms with Crippen molar-refractivity contribution in [2.24, 2.45) is 0 Å². The summed E-state index contributed by atoms with van der Waals surface area (Å²) < 4.78 is 5.10. The first-order valence-electron chi connectivity index (χ1n) is 5.74. The Balaban J connectivity index is 2.35. The molecule has 1 N–H and O–H groups in total. The van der Waals surface area contributed by atoms with Crippen molar-refractivity contribution in [1.29, 1.82) is 0 Å². The van der Waals surface area contributed by atoms with Gasteiger partial charge in [0.25, 0.3) is 0 Å². The monoisotopic (exact) mass is 255 g/mol. The summed E-state index contributed by atoms with van der Waals surface area (Å²) in [4.78, 5) is 11.5. The third-order valence-electron chi connectivity index (χ3n) is 2.51. The van der Waals surface area contributed by atoms with Gasteiger partial charge in [0.2, 0.25) is 0 Å². The first kappa shape index (κ1) is 13.8. The van der Waals surface area contributed by atoms with Gasteiger partial charge in [0.05, 0.1) is 5.38 Å². The molecule has 3 nitrogen and oxygen atoms in total. The molecule has 0 aliphatic rings. The average Bonchev–Trinajstić information content (AvgIpc) is 2.34. The van der Waals surface area contributed by atoms with Gasteiger partial charge in [0.15, 0.2) is 0 Å². The van der Waals surface area contributed by atoms with E-state index in [1.54, 1.807) is 0 Å². The Hall–Kier alpha value is -1.22. The van der Waals surface area contributed by atoms with E-state index in [9.17, 15) is 4.79 Å². The Labute approximate surface area is 107 Å². The van der Waals surface area contributed by atoms with Gasteiger partial charge in [-0.1, -0.05) is 37.3 Å². The third-order valence-corrected chi connectivity index (χ3v) is 2.81. The van der Waals surface area contributed by atoms with Crippen LogP contribution in [0.1, 0.15) is 25.8 Å². The predicted molar refractivity (Wildman–Crippen MR) is 69.2 cm³/mol. The lowest BCUT2D eigenvalue weighted by Crippen LogP contribution is -2.39. The number of alkyl halides is 1. The Morgan fingerprint density at radius 1 is 1.41 bits per heavy atom. The Morgan fingerprint density at radius 3 is 2.59 bits per heavy atom. The summed E-state index contributed by atoms with van der Waals surface area (Å²) in [6.45, 7) is 4.11. The highest BCUT2D eigenvalue weighted by Crippen LogP contribution is 2.06. The fourth-order valence-electron chi connectivity index (χ4n) is 1.46. The summed E-state index contributed by atoms with van der Waals surface area (Å²) in [5, 5.41) is 2.64. The van der Waals surface area contributed by atoms with Crippen LogP contribution in [0.4, 0.5) is 4.79 Å². The molecule has 1 rings (SSSR count). The molecule has 1 amide bonds.